The number of hydrogen-bond acceptors (Lipinski definition) is 4. The SMILES string of the molecule is COc1c(O)cc(C(C)(C)C)cc1CCON. The van der Waals surface area contributed by atoms with E-state index in [1.165, 1.54) is 0 Å². The van der Waals surface area contributed by atoms with Crippen LogP contribution in [0.1, 0.15) is 31.9 Å². The highest BCUT2D eigenvalue weighted by molar-refractivity contribution is 5.50. The first kappa shape index (κ1) is 13.8. The Labute approximate surface area is 102 Å². The molecule has 0 unspecified atom stereocenters. The summed E-state index contributed by atoms with van der Waals surface area (Å²) in [6, 6.07) is 3.77. The Hall–Kier alpha value is -1.26. The van der Waals surface area contributed by atoms with Gasteiger partial charge in [-0.3, -0.25) is 0 Å². The molecule has 1 aromatic carbocycles. The van der Waals surface area contributed by atoms with Gasteiger partial charge in [0.2, 0.25) is 0 Å². The average Bonchev–Trinajstić information content (AvgIpc) is 2.24. The molecule has 0 aliphatic carbocycles. The van der Waals surface area contributed by atoms with Gasteiger partial charge in [0.05, 0.1) is 13.7 Å². The van der Waals surface area contributed by atoms with Gasteiger partial charge in [0.15, 0.2) is 11.5 Å². The van der Waals surface area contributed by atoms with E-state index in [0.29, 0.717) is 18.8 Å². The van der Waals surface area contributed by atoms with Crippen molar-refractivity contribution in [3.05, 3.63) is 23.3 Å². The van der Waals surface area contributed by atoms with Gasteiger partial charge < -0.3 is 14.7 Å². The second kappa shape index (κ2) is 5.38. The Bertz CT molecular complexity index is 383. The lowest BCUT2D eigenvalue weighted by atomic mass is 9.85. The zero-order valence-corrected chi connectivity index (χ0v) is 10.9. The van der Waals surface area contributed by atoms with Crippen molar-refractivity contribution in [2.45, 2.75) is 32.6 Å². The number of rotatable bonds is 4. The quantitative estimate of drug-likeness (QED) is 0.790. The molecule has 4 nitrogen and oxygen atoms in total. The van der Waals surface area contributed by atoms with E-state index in [2.05, 4.69) is 25.6 Å². The van der Waals surface area contributed by atoms with Crippen molar-refractivity contribution in [2.24, 2.45) is 5.90 Å². The summed E-state index contributed by atoms with van der Waals surface area (Å²) in [5.74, 6) is 5.68. The molecule has 0 amide bonds. The first-order valence-corrected chi connectivity index (χ1v) is 5.62. The summed E-state index contributed by atoms with van der Waals surface area (Å²) in [6.45, 7) is 6.68. The Morgan fingerprint density at radius 1 is 1.29 bits per heavy atom. The molecule has 0 heterocycles. The number of phenolic OH excluding ortho intramolecular Hbond substituents is 1. The number of ether oxygens (including phenoxy) is 1. The predicted molar refractivity (Wildman–Crippen MR) is 67.2 cm³/mol. The molecular weight excluding hydrogens is 218 g/mol. The van der Waals surface area contributed by atoms with E-state index < -0.39 is 0 Å². The van der Waals surface area contributed by atoms with Crippen LogP contribution < -0.4 is 10.6 Å². The summed E-state index contributed by atoms with van der Waals surface area (Å²) >= 11 is 0. The van der Waals surface area contributed by atoms with Gasteiger partial charge in [0.1, 0.15) is 0 Å². The topological polar surface area (TPSA) is 64.7 Å². The van der Waals surface area contributed by atoms with Gasteiger partial charge in [0, 0.05) is 12.0 Å². The van der Waals surface area contributed by atoms with Gasteiger partial charge in [-0.25, -0.2) is 5.90 Å². The van der Waals surface area contributed by atoms with Crippen LogP contribution in [0.4, 0.5) is 0 Å². The number of phenols is 1. The number of methoxy groups -OCH3 is 1. The van der Waals surface area contributed by atoms with Crippen LogP contribution in [0.2, 0.25) is 0 Å². The molecule has 0 aliphatic rings. The molecule has 1 rings (SSSR count). The van der Waals surface area contributed by atoms with Crippen LogP contribution in [0.5, 0.6) is 11.5 Å². The minimum absolute atomic E-state index is 0.0257. The van der Waals surface area contributed by atoms with Gasteiger partial charge in [-0.1, -0.05) is 26.8 Å². The van der Waals surface area contributed by atoms with Gasteiger partial charge in [-0.15, -0.1) is 0 Å². The van der Waals surface area contributed by atoms with Crippen molar-refractivity contribution in [3.63, 3.8) is 0 Å². The van der Waals surface area contributed by atoms with E-state index in [-0.39, 0.29) is 11.2 Å². The van der Waals surface area contributed by atoms with Crippen LogP contribution in [-0.4, -0.2) is 18.8 Å². The maximum absolute atomic E-state index is 9.94. The zero-order chi connectivity index (χ0) is 13.1. The van der Waals surface area contributed by atoms with E-state index in [1.54, 1.807) is 13.2 Å². The first-order valence-electron chi connectivity index (χ1n) is 5.62. The second-order valence-electron chi connectivity index (χ2n) is 5.06. The molecule has 1 aromatic rings. The lowest BCUT2D eigenvalue weighted by Crippen LogP contribution is -2.13. The fraction of sp³-hybridized carbons (Fsp3) is 0.538. The third-order valence-corrected chi connectivity index (χ3v) is 2.71. The van der Waals surface area contributed by atoms with Crippen molar-refractivity contribution in [2.75, 3.05) is 13.7 Å². The molecule has 0 radical (unpaired) electrons. The van der Waals surface area contributed by atoms with Crippen LogP contribution in [0.25, 0.3) is 0 Å². The van der Waals surface area contributed by atoms with E-state index in [1.807, 2.05) is 6.07 Å². The van der Waals surface area contributed by atoms with Gasteiger partial charge >= 0.3 is 0 Å². The molecule has 4 heteroatoms. The molecule has 0 atom stereocenters. The molecule has 3 N–H and O–H groups in total. The standard InChI is InChI=1S/C13H21NO3/c1-13(2,3)10-7-9(5-6-17-14)12(16-4)11(15)8-10/h7-8,15H,5-6,14H2,1-4H3. The molecule has 0 saturated carbocycles. The smallest absolute Gasteiger partial charge is 0.163 e. The van der Waals surface area contributed by atoms with Crippen LogP contribution in [-0.2, 0) is 16.7 Å². The Morgan fingerprint density at radius 2 is 1.94 bits per heavy atom. The molecular formula is C13H21NO3. The van der Waals surface area contributed by atoms with Crippen LogP contribution >= 0.6 is 0 Å². The van der Waals surface area contributed by atoms with Gasteiger partial charge in [0.25, 0.3) is 0 Å². The number of aromatic hydroxyl groups is 1. The summed E-state index contributed by atoms with van der Waals surface area (Å²) < 4.78 is 5.19. The lowest BCUT2D eigenvalue weighted by Gasteiger charge is -2.22. The maximum atomic E-state index is 9.94. The van der Waals surface area contributed by atoms with Crippen LogP contribution in [0, 0.1) is 0 Å². The molecule has 0 aliphatic heterocycles. The Kier molecular flexibility index (Phi) is 4.37. The highest BCUT2D eigenvalue weighted by Crippen LogP contribution is 2.36. The molecule has 96 valence electrons. The predicted octanol–water partition coefficient (Wildman–Crippen LogP) is 2.13. The maximum Gasteiger partial charge on any atom is 0.163 e. The molecule has 0 saturated heterocycles. The minimum Gasteiger partial charge on any atom is -0.504 e. The number of benzene rings is 1. The third-order valence-electron chi connectivity index (χ3n) is 2.71. The fourth-order valence-electron chi connectivity index (χ4n) is 1.70. The van der Waals surface area contributed by atoms with Crippen molar-refractivity contribution in [1.82, 2.24) is 0 Å². The van der Waals surface area contributed by atoms with Crippen molar-refractivity contribution < 1.29 is 14.7 Å². The molecule has 0 fully saturated rings. The van der Waals surface area contributed by atoms with E-state index in [4.69, 9.17) is 10.6 Å². The summed E-state index contributed by atoms with van der Waals surface area (Å²) in [5.41, 5.74) is 1.94. The number of hydrogen-bond donors (Lipinski definition) is 2. The second-order valence-corrected chi connectivity index (χ2v) is 5.06. The fourth-order valence-corrected chi connectivity index (χ4v) is 1.70. The third kappa shape index (κ3) is 3.35. The molecule has 17 heavy (non-hydrogen) atoms. The zero-order valence-electron chi connectivity index (χ0n) is 10.9. The Morgan fingerprint density at radius 3 is 2.41 bits per heavy atom. The summed E-state index contributed by atoms with van der Waals surface area (Å²) in [4.78, 5) is 4.57. The van der Waals surface area contributed by atoms with Crippen molar-refractivity contribution in [1.29, 1.82) is 0 Å². The molecule has 0 bridgehead atoms. The first-order chi connectivity index (χ1) is 7.90. The van der Waals surface area contributed by atoms with Crippen LogP contribution in [0.3, 0.4) is 0 Å². The lowest BCUT2D eigenvalue weighted by molar-refractivity contribution is 0.140. The van der Waals surface area contributed by atoms with E-state index in [0.717, 1.165) is 11.1 Å². The monoisotopic (exact) mass is 239 g/mol. The summed E-state index contributed by atoms with van der Waals surface area (Å²) in [6.07, 6.45) is 0.608. The average molecular weight is 239 g/mol. The minimum atomic E-state index is -0.0257. The van der Waals surface area contributed by atoms with Crippen molar-refractivity contribution >= 4 is 0 Å². The highest BCUT2D eigenvalue weighted by Gasteiger charge is 2.19. The van der Waals surface area contributed by atoms with Gasteiger partial charge in [-0.2, -0.15) is 0 Å². The van der Waals surface area contributed by atoms with Crippen molar-refractivity contribution in [3.8, 4) is 11.5 Å². The van der Waals surface area contributed by atoms with Gasteiger partial charge in [-0.05, 0) is 17.0 Å². The Balaban J connectivity index is 3.19. The summed E-state index contributed by atoms with van der Waals surface area (Å²) in [7, 11) is 1.54. The summed E-state index contributed by atoms with van der Waals surface area (Å²) in [5, 5.41) is 9.94. The molecule has 0 aromatic heterocycles. The van der Waals surface area contributed by atoms with Crippen LogP contribution in [0.15, 0.2) is 12.1 Å². The number of nitrogens with two attached hydrogens (primary N) is 1. The molecule has 0 spiro atoms. The van der Waals surface area contributed by atoms with E-state index >= 15 is 0 Å². The van der Waals surface area contributed by atoms with E-state index in [9.17, 15) is 5.11 Å². The normalized spacial score (nSPS) is 11.6. The largest absolute Gasteiger partial charge is 0.504 e. The highest BCUT2D eigenvalue weighted by atomic mass is 16.6.